The third-order valence-corrected chi connectivity index (χ3v) is 3.54. The van der Waals surface area contributed by atoms with Crippen LogP contribution in [0.3, 0.4) is 0 Å². The molecule has 0 aliphatic rings. The van der Waals surface area contributed by atoms with Crippen molar-refractivity contribution in [2.75, 3.05) is 5.75 Å². The standard InChI is InChI=1S/C11H11Cl2NS/c1-8(4-5-15-7-14)9-2-3-10(12)11(13)6-9/h2-3,6,8H,4-5H2,1H3. The molecule has 0 saturated heterocycles. The highest BCUT2D eigenvalue weighted by molar-refractivity contribution is 8.03. The quantitative estimate of drug-likeness (QED) is 0.578. The van der Waals surface area contributed by atoms with E-state index in [1.807, 2.05) is 18.2 Å². The van der Waals surface area contributed by atoms with Gasteiger partial charge in [-0.2, -0.15) is 5.26 Å². The number of hydrogen-bond donors (Lipinski definition) is 0. The number of thioether (sulfide) groups is 1. The van der Waals surface area contributed by atoms with Crippen molar-refractivity contribution in [3.05, 3.63) is 33.8 Å². The molecular weight excluding hydrogens is 249 g/mol. The molecule has 1 aromatic rings. The lowest BCUT2D eigenvalue weighted by molar-refractivity contribution is 0.742. The van der Waals surface area contributed by atoms with E-state index >= 15 is 0 Å². The maximum atomic E-state index is 8.40. The zero-order chi connectivity index (χ0) is 11.3. The summed E-state index contributed by atoms with van der Waals surface area (Å²) in [6, 6.07) is 5.69. The first kappa shape index (κ1) is 12.7. The van der Waals surface area contributed by atoms with E-state index in [9.17, 15) is 0 Å². The van der Waals surface area contributed by atoms with E-state index in [2.05, 4.69) is 12.3 Å². The summed E-state index contributed by atoms with van der Waals surface area (Å²) in [6.45, 7) is 2.12. The molecule has 0 N–H and O–H groups in total. The van der Waals surface area contributed by atoms with Gasteiger partial charge in [0.25, 0.3) is 0 Å². The summed E-state index contributed by atoms with van der Waals surface area (Å²) < 4.78 is 0. The third kappa shape index (κ3) is 3.95. The van der Waals surface area contributed by atoms with Gasteiger partial charge < -0.3 is 0 Å². The maximum absolute atomic E-state index is 8.40. The summed E-state index contributed by atoms with van der Waals surface area (Å²) in [5.41, 5.74) is 1.17. The lowest BCUT2D eigenvalue weighted by atomic mass is 9.99. The summed E-state index contributed by atoms with van der Waals surface area (Å²) in [5, 5.41) is 11.6. The summed E-state index contributed by atoms with van der Waals surface area (Å²) in [5.74, 6) is 1.25. The summed E-state index contributed by atoms with van der Waals surface area (Å²) in [4.78, 5) is 0. The fraction of sp³-hybridized carbons (Fsp3) is 0.364. The molecule has 4 heteroatoms. The molecule has 0 aliphatic heterocycles. The second-order valence-corrected chi connectivity index (χ2v) is 5.00. The van der Waals surface area contributed by atoms with Gasteiger partial charge in [0.05, 0.1) is 10.0 Å². The van der Waals surface area contributed by atoms with Crippen LogP contribution in [0, 0.1) is 10.7 Å². The Hall–Kier alpha value is -0.360. The molecule has 1 rings (SSSR count). The minimum atomic E-state index is 0.403. The fourth-order valence-corrected chi connectivity index (χ4v) is 2.14. The molecule has 0 aromatic heterocycles. The number of hydrogen-bond acceptors (Lipinski definition) is 2. The number of thiocyanates is 1. The highest BCUT2D eigenvalue weighted by Gasteiger charge is 2.07. The van der Waals surface area contributed by atoms with Gasteiger partial charge in [-0.3, -0.25) is 0 Å². The van der Waals surface area contributed by atoms with Gasteiger partial charge in [0.2, 0.25) is 0 Å². The summed E-state index contributed by atoms with van der Waals surface area (Å²) in [6.07, 6.45) is 0.968. The summed E-state index contributed by atoms with van der Waals surface area (Å²) >= 11 is 13.0. The Morgan fingerprint density at radius 3 is 2.73 bits per heavy atom. The number of benzene rings is 1. The van der Waals surface area contributed by atoms with E-state index in [0.29, 0.717) is 16.0 Å². The van der Waals surface area contributed by atoms with Gasteiger partial charge >= 0.3 is 0 Å². The smallest absolute Gasteiger partial charge is 0.133 e. The SMILES string of the molecule is CC(CCSC#N)c1ccc(Cl)c(Cl)c1. The molecule has 0 radical (unpaired) electrons. The first-order valence-electron chi connectivity index (χ1n) is 4.61. The highest BCUT2D eigenvalue weighted by Crippen LogP contribution is 2.28. The number of rotatable bonds is 4. The van der Waals surface area contributed by atoms with Crippen molar-refractivity contribution in [3.63, 3.8) is 0 Å². The molecule has 0 fully saturated rings. The zero-order valence-electron chi connectivity index (χ0n) is 8.34. The molecule has 0 bridgehead atoms. The normalized spacial score (nSPS) is 12.1. The van der Waals surface area contributed by atoms with Gasteiger partial charge in [-0.05, 0) is 41.8 Å². The van der Waals surface area contributed by atoms with Crippen LogP contribution in [0.15, 0.2) is 18.2 Å². The number of nitriles is 1. The van der Waals surface area contributed by atoms with Crippen LogP contribution in [0.5, 0.6) is 0 Å². The van der Waals surface area contributed by atoms with Crippen LogP contribution in [0.4, 0.5) is 0 Å². The van der Waals surface area contributed by atoms with Crippen molar-refractivity contribution >= 4 is 35.0 Å². The van der Waals surface area contributed by atoms with Crippen LogP contribution in [-0.2, 0) is 0 Å². The monoisotopic (exact) mass is 259 g/mol. The Balaban J connectivity index is 2.62. The zero-order valence-corrected chi connectivity index (χ0v) is 10.7. The van der Waals surface area contributed by atoms with E-state index in [1.165, 1.54) is 17.3 Å². The molecule has 1 atom stereocenters. The molecule has 80 valence electrons. The van der Waals surface area contributed by atoms with Crippen LogP contribution >= 0.6 is 35.0 Å². The van der Waals surface area contributed by atoms with Gasteiger partial charge in [-0.15, -0.1) is 0 Å². The summed E-state index contributed by atoms with van der Waals surface area (Å²) in [7, 11) is 0. The van der Waals surface area contributed by atoms with Crippen molar-refractivity contribution < 1.29 is 0 Å². The minimum absolute atomic E-state index is 0.403. The van der Waals surface area contributed by atoms with Gasteiger partial charge in [0.15, 0.2) is 0 Å². The molecular formula is C11H11Cl2NS. The second kappa shape index (κ2) is 6.27. The molecule has 0 amide bonds. The van der Waals surface area contributed by atoms with Crippen molar-refractivity contribution in [1.29, 1.82) is 5.26 Å². The van der Waals surface area contributed by atoms with Crippen LogP contribution < -0.4 is 0 Å². The second-order valence-electron chi connectivity index (χ2n) is 3.30. The third-order valence-electron chi connectivity index (χ3n) is 2.23. The molecule has 0 heterocycles. The average Bonchev–Trinajstić information content (AvgIpc) is 2.22. The van der Waals surface area contributed by atoms with Gasteiger partial charge in [-0.25, -0.2) is 0 Å². The first-order valence-corrected chi connectivity index (χ1v) is 6.35. The lowest BCUT2D eigenvalue weighted by Crippen LogP contribution is -1.95. The van der Waals surface area contributed by atoms with Gasteiger partial charge in [0, 0.05) is 5.75 Å². The van der Waals surface area contributed by atoms with Gasteiger partial charge in [-0.1, -0.05) is 36.2 Å². The topological polar surface area (TPSA) is 23.8 Å². The largest absolute Gasteiger partial charge is 0.185 e. The molecule has 0 aliphatic carbocycles. The Kier molecular flexibility index (Phi) is 5.31. The average molecular weight is 260 g/mol. The van der Waals surface area contributed by atoms with E-state index in [4.69, 9.17) is 28.5 Å². The van der Waals surface area contributed by atoms with Crippen LogP contribution in [0.25, 0.3) is 0 Å². The predicted molar refractivity (Wildman–Crippen MR) is 67.6 cm³/mol. The molecule has 1 aromatic carbocycles. The Bertz CT molecular complexity index is 373. The van der Waals surface area contributed by atoms with E-state index in [1.54, 1.807) is 0 Å². The predicted octanol–water partition coefficient (Wildman–Crippen LogP) is 4.70. The van der Waals surface area contributed by atoms with E-state index in [-0.39, 0.29) is 0 Å². The molecule has 0 spiro atoms. The Labute approximate surface area is 104 Å². The molecule has 1 unspecified atom stereocenters. The highest BCUT2D eigenvalue weighted by atomic mass is 35.5. The van der Waals surface area contributed by atoms with Gasteiger partial charge in [0.1, 0.15) is 5.40 Å². The number of halogens is 2. The van der Waals surface area contributed by atoms with Crippen LogP contribution in [-0.4, -0.2) is 5.75 Å². The van der Waals surface area contributed by atoms with Crippen LogP contribution in [0.2, 0.25) is 10.0 Å². The maximum Gasteiger partial charge on any atom is 0.133 e. The van der Waals surface area contributed by atoms with Crippen molar-refractivity contribution in [1.82, 2.24) is 0 Å². The van der Waals surface area contributed by atoms with Crippen molar-refractivity contribution in [3.8, 4) is 5.40 Å². The Morgan fingerprint density at radius 1 is 1.40 bits per heavy atom. The molecule has 1 nitrogen and oxygen atoms in total. The molecule has 0 saturated carbocycles. The first-order chi connectivity index (χ1) is 7.15. The van der Waals surface area contributed by atoms with Crippen LogP contribution in [0.1, 0.15) is 24.8 Å². The van der Waals surface area contributed by atoms with Crippen molar-refractivity contribution in [2.24, 2.45) is 0 Å². The van der Waals surface area contributed by atoms with E-state index in [0.717, 1.165) is 12.2 Å². The lowest BCUT2D eigenvalue weighted by Gasteiger charge is -2.11. The minimum Gasteiger partial charge on any atom is -0.185 e. The fourth-order valence-electron chi connectivity index (χ4n) is 1.27. The Morgan fingerprint density at radius 2 is 2.13 bits per heavy atom. The van der Waals surface area contributed by atoms with Crippen molar-refractivity contribution in [2.45, 2.75) is 19.3 Å². The number of nitrogens with zero attached hydrogens (tertiary/aromatic N) is 1. The van der Waals surface area contributed by atoms with E-state index < -0.39 is 0 Å². The molecule has 15 heavy (non-hydrogen) atoms.